The molecule has 30 heavy (non-hydrogen) atoms. The lowest BCUT2D eigenvalue weighted by molar-refractivity contribution is -0.121. The highest BCUT2D eigenvalue weighted by molar-refractivity contribution is 7.15. The van der Waals surface area contributed by atoms with Gasteiger partial charge in [-0.1, -0.05) is 49.9 Å². The predicted octanol–water partition coefficient (Wildman–Crippen LogP) is 6.75. The van der Waals surface area contributed by atoms with Gasteiger partial charge in [0.2, 0.25) is 5.91 Å². The summed E-state index contributed by atoms with van der Waals surface area (Å²) >= 11 is 1.40. The molecule has 5 heteroatoms. The third-order valence-corrected chi connectivity index (χ3v) is 7.18. The molecule has 0 saturated heterocycles. The van der Waals surface area contributed by atoms with Crippen molar-refractivity contribution in [1.82, 2.24) is 0 Å². The Morgan fingerprint density at radius 1 is 1.13 bits per heavy atom. The zero-order valence-corrected chi connectivity index (χ0v) is 19.4. The lowest BCUT2D eigenvalue weighted by Gasteiger charge is -2.27. The monoisotopic (exact) mass is 427 g/mol. The molecule has 1 saturated carbocycles. The smallest absolute Gasteiger partial charge is 0.341 e. The van der Waals surface area contributed by atoms with Crippen LogP contribution in [0.5, 0.6) is 0 Å². The van der Waals surface area contributed by atoms with Crippen LogP contribution in [0.1, 0.15) is 73.4 Å². The Balaban J connectivity index is 1.78. The van der Waals surface area contributed by atoms with Gasteiger partial charge >= 0.3 is 5.97 Å². The fourth-order valence-corrected chi connectivity index (χ4v) is 5.35. The summed E-state index contributed by atoms with van der Waals surface area (Å²) in [6, 6.07) is 6.19. The van der Waals surface area contributed by atoms with E-state index in [9.17, 15) is 9.59 Å². The molecule has 0 spiro atoms. The Labute approximate surface area is 184 Å². The molecule has 1 heterocycles. The minimum absolute atomic E-state index is 0.0274. The molecule has 1 aliphatic carbocycles. The Bertz CT molecular complexity index is 894. The number of ether oxygens (including phenoxy) is 1. The zero-order valence-electron chi connectivity index (χ0n) is 18.5. The van der Waals surface area contributed by atoms with Crippen LogP contribution in [-0.4, -0.2) is 19.0 Å². The van der Waals surface area contributed by atoms with Gasteiger partial charge in [-0.05, 0) is 56.6 Å². The van der Waals surface area contributed by atoms with Crippen molar-refractivity contribution in [2.75, 3.05) is 12.4 Å². The predicted molar refractivity (Wildman–Crippen MR) is 124 cm³/mol. The Morgan fingerprint density at radius 2 is 1.87 bits per heavy atom. The fourth-order valence-electron chi connectivity index (χ4n) is 4.40. The number of anilines is 1. The van der Waals surface area contributed by atoms with Crippen molar-refractivity contribution in [1.29, 1.82) is 0 Å². The Hall–Kier alpha value is -2.14. The van der Waals surface area contributed by atoms with Gasteiger partial charge in [-0.3, -0.25) is 4.79 Å². The number of carbonyl (C=O) groups is 2. The summed E-state index contributed by atoms with van der Waals surface area (Å²) < 4.78 is 5.06. The van der Waals surface area contributed by atoms with Crippen LogP contribution in [0.2, 0.25) is 0 Å². The number of rotatable bonds is 7. The van der Waals surface area contributed by atoms with Crippen LogP contribution in [0.3, 0.4) is 0 Å². The van der Waals surface area contributed by atoms with Crippen LogP contribution in [-0.2, 0) is 9.53 Å². The third-order valence-electron chi connectivity index (χ3n) is 6.28. The standard InChI is InChI=1S/C25H33NO3S/c1-5-6-7-18-10-12-19(13-11-18)23(27)26-24-22(25(28)29-4)21(15-30-24)20-14-16(2)8-9-17(20)3/h8-9,14-15,18-19H,5-7,10-13H2,1-4H3,(H,26,27). The molecular formula is C25H33NO3S. The highest BCUT2D eigenvalue weighted by Crippen LogP contribution is 2.39. The molecule has 1 aliphatic rings. The molecule has 4 nitrogen and oxygen atoms in total. The number of thiophene rings is 1. The topological polar surface area (TPSA) is 55.4 Å². The highest BCUT2D eigenvalue weighted by atomic mass is 32.1. The van der Waals surface area contributed by atoms with E-state index in [0.717, 1.165) is 53.9 Å². The van der Waals surface area contributed by atoms with Crippen LogP contribution in [0.4, 0.5) is 5.00 Å². The molecule has 0 bridgehead atoms. The number of unbranched alkanes of at least 4 members (excludes halogenated alkanes) is 1. The van der Waals surface area contributed by atoms with Crippen molar-refractivity contribution in [3.8, 4) is 11.1 Å². The molecule has 0 atom stereocenters. The van der Waals surface area contributed by atoms with E-state index < -0.39 is 5.97 Å². The van der Waals surface area contributed by atoms with Crippen molar-refractivity contribution in [2.45, 2.75) is 65.7 Å². The van der Waals surface area contributed by atoms with E-state index in [4.69, 9.17) is 4.74 Å². The Kier molecular flexibility index (Phi) is 7.70. The van der Waals surface area contributed by atoms with Crippen LogP contribution < -0.4 is 5.32 Å². The second-order valence-corrected chi connectivity index (χ2v) is 9.39. The first-order valence-electron chi connectivity index (χ1n) is 11.0. The average Bonchev–Trinajstić information content (AvgIpc) is 3.16. The average molecular weight is 428 g/mol. The van der Waals surface area contributed by atoms with Gasteiger partial charge in [-0.25, -0.2) is 4.79 Å². The highest BCUT2D eigenvalue weighted by Gasteiger charge is 2.29. The van der Waals surface area contributed by atoms with Gasteiger partial charge in [0.05, 0.1) is 7.11 Å². The van der Waals surface area contributed by atoms with Gasteiger partial charge in [-0.15, -0.1) is 11.3 Å². The molecule has 1 amide bonds. The first-order chi connectivity index (χ1) is 14.4. The van der Waals surface area contributed by atoms with Crippen LogP contribution in [0, 0.1) is 25.7 Å². The number of methoxy groups -OCH3 is 1. The number of benzene rings is 1. The largest absolute Gasteiger partial charge is 0.465 e. The SMILES string of the molecule is CCCCC1CCC(C(=O)Nc2scc(-c3cc(C)ccc3C)c2C(=O)OC)CC1. The van der Waals surface area contributed by atoms with E-state index in [1.54, 1.807) is 0 Å². The third kappa shape index (κ3) is 5.12. The van der Waals surface area contributed by atoms with Crippen molar-refractivity contribution in [3.05, 3.63) is 40.3 Å². The van der Waals surface area contributed by atoms with E-state index in [-0.39, 0.29) is 11.8 Å². The second-order valence-electron chi connectivity index (χ2n) is 8.51. The minimum Gasteiger partial charge on any atom is -0.465 e. The molecule has 162 valence electrons. The van der Waals surface area contributed by atoms with Crippen molar-refractivity contribution in [2.24, 2.45) is 11.8 Å². The van der Waals surface area contributed by atoms with Crippen LogP contribution in [0.25, 0.3) is 11.1 Å². The van der Waals surface area contributed by atoms with Crippen LogP contribution in [0.15, 0.2) is 23.6 Å². The van der Waals surface area contributed by atoms with Gasteiger partial charge in [-0.2, -0.15) is 0 Å². The lowest BCUT2D eigenvalue weighted by atomic mass is 9.79. The molecule has 2 aromatic rings. The molecule has 3 rings (SSSR count). The van der Waals surface area contributed by atoms with E-state index in [0.29, 0.717) is 10.6 Å². The van der Waals surface area contributed by atoms with Gasteiger partial charge in [0.25, 0.3) is 0 Å². The van der Waals surface area contributed by atoms with E-state index in [2.05, 4.69) is 30.4 Å². The normalized spacial score (nSPS) is 18.8. The molecule has 0 radical (unpaired) electrons. The molecule has 0 unspecified atom stereocenters. The number of esters is 1. The van der Waals surface area contributed by atoms with Crippen molar-refractivity contribution < 1.29 is 14.3 Å². The van der Waals surface area contributed by atoms with Gasteiger partial charge in [0, 0.05) is 16.9 Å². The summed E-state index contributed by atoms with van der Waals surface area (Å²) in [6.07, 6.45) is 7.91. The molecule has 1 aromatic carbocycles. The second kappa shape index (κ2) is 10.3. The zero-order chi connectivity index (χ0) is 21.7. The van der Waals surface area contributed by atoms with Crippen molar-refractivity contribution >= 4 is 28.2 Å². The lowest BCUT2D eigenvalue weighted by Crippen LogP contribution is -2.27. The summed E-state index contributed by atoms with van der Waals surface area (Å²) in [7, 11) is 1.38. The van der Waals surface area contributed by atoms with E-state index in [1.807, 2.05) is 19.2 Å². The molecule has 1 aromatic heterocycles. The maximum atomic E-state index is 13.0. The quantitative estimate of drug-likeness (QED) is 0.497. The summed E-state index contributed by atoms with van der Waals surface area (Å²) in [6.45, 7) is 6.29. The number of nitrogens with one attached hydrogen (secondary N) is 1. The maximum Gasteiger partial charge on any atom is 0.341 e. The summed E-state index contributed by atoms with van der Waals surface area (Å²) in [5.74, 6) is 0.408. The molecular weight excluding hydrogens is 394 g/mol. The van der Waals surface area contributed by atoms with Gasteiger partial charge in [0.15, 0.2) is 0 Å². The van der Waals surface area contributed by atoms with Gasteiger partial charge in [0.1, 0.15) is 10.6 Å². The van der Waals surface area contributed by atoms with Crippen LogP contribution >= 0.6 is 11.3 Å². The van der Waals surface area contributed by atoms with E-state index in [1.165, 1.54) is 37.7 Å². The van der Waals surface area contributed by atoms with Crippen molar-refractivity contribution in [3.63, 3.8) is 0 Å². The molecule has 0 aliphatic heterocycles. The fraction of sp³-hybridized carbons (Fsp3) is 0.520. The summed E-state index contributed by atoms with van der Waals surface area (Å²) in [5, 5.41) is 5.60. The van der Waals surface area contributed by atoms with Gasteiger partial charge < -0.3 is 10.1 Å². The maximum absolute atomic E-state index is 13.0. The summed E-state index contributed by atoms with van der Waals surface area (Å²) in [4.78, 5) is 25.6. The first-order valence-corrected chi connectivity index (χ1v) is 11.9. The number of hydrogen-bond donors (Lipinski definition) is 1. The minimum atomic E-state index is -0.411. The number of amides is 1. The Morgan fingerprint density at radius 3 is 2.53 bits per heavy atom. The number of hydrogen-bond acceptors (Lipinski definition) is 4. The number of aryl methyl sites for hydroxylation is 2. The van der Waals surface area contributed by atoms with E-state index >= 15 is 0 Å². The number of carbonyl (C=O) groups excluding carboxylic acids is 2. The molecule has 1 fully saturated rings. The first kappa shape index (κ1) is 22.5. The summed E-state index contributed by atoms with van der Waals surface area (Å²) in [5.41, 5.74) is 4.51. The molecule has 1 N–H and O–H groups in total.